The van der Waals surface area contributed by atoms with Crippen LogP contribution in [0, 0.1) is 5.92 Å². The molecule has 0 unspecified atom stereocenters. The Hall–Kier alpha value is -2.51. The smallest absolute Gasteiger partial charge is 0.329 e. The molecule has 2 amide bonds. The fraction of sp³-hybridized carbons (Fsp3) is 0.632. The van der Waals surface area contributed by atoms with Crippen LogP contribution in [0.2, 0.25) is 0 Å². The lowest BCUT2D eigenvalue weighted by Crippen LogP contribution is -2.45. The quantitative estimate of drug-likeness (QED) is 0.736. The van der Waals surface area contributed by atoms with Crippen LogP contribution in [0.1, 0.15) is 44.9 Å². The highest BCUT2D eigenvalue weighted by Crippen LogP contribution is 2.41. The number of rotatable bonds is 4. The second-order valence-corrected chi connectivity index (χ2v) is 7.47. The number of carbonyl (C=O) groups is 3. The molecule has 0 spiro atoms. The van der Waals surface area contributed by atoms with Gasteiger partial charge in [0.1, 0.15) is 6.04 Å². The second-order valence-electron chi connectivity index (χ2n) is 7.47. The Morgan fingerprint density at radius 2 is 1.93 bits per heavy atom. The summed E-state index contributed by atoms with van der Waals surface area (Å²) in [5.74, 6) is -0.117. The van der Waals surface area contributed by atoms with E-state index < -0.39 is 17.9 Å². The van der Waals surface area contributed by atoms with Crippen molar-refractivity contribution in [2.75, 3.05) is 18.1 Å². The van der Waals surface area contributed by atoms with E-state index in [1.54, 1.807) is 18.5 Å². The Labute approximate surface area is 157 Å². The van der Waals surface area contributed by atoms with Gasteiger partial charge in [-0.15, -0.1) is 0 Å². The molecule has 8 nitrogen and oxygen atoms in total. The van der Waals surface area contributed by atoms with Crippen molar-refractivity contribution in [2.45, 2.75) is 57.0 Å². The van der Waals surface area contributed by atoms with Crippen molar-refractivity contribution in [3.63, 3.8) is 0 Å². The molecule has 2 aliphatic heterocycles. The molecule has 1 aliphatic carbocycles. The molecule has 0 N–H and O–H groups in total. The number of anilines is 1. The number of imide groups is 1. The molecule has 1 saturated carbocycles. The molecule has 3 heterocycles. The molecule has 3 aliphatic rings. The highest BCUT2D eigenvalue weighted by Gasteiger charge is 2.47. The number of likely N-dealkylation sites (tertiary alicyclic amines) is 1. The van der Waals surface area contributed by atoms with E-state index in [0.717, 1.165) is 19.3 Å². The van der Waals surface area contributed by atoms with Crippen LogP contribution in [-0.2, 0) is 19.1 Å². The van der Waals surface area contributed by atoms with Gasteiger partial charge in [-0.2, -0.15) is 0 Å². The molecule has 1 aromatic rings. The SMILES string of the molecule is O=C(OCC(=O)N1CCCC1=O)[C@@H]1C[C@H]2CCCC[C@@H]2N1c1ncccn1. The van der Waals surface area contributed by atoms with E-state index in [0.29, 0.717) is 37.7 Å². The third-order valence-corrected chi connectivity index (χ3v) is 5.86. The molecule has 144 valence electrons. The summed E-state index contributed by atoms with van der Waals surface area (Å²) in [6.07, 6.45) is 9.47. The summed E-state index contributed by atoms with van der Waals surface area (Å²) in [7, 11) is 0. The van der Waals surface area contributed by atoms with Gasteiger partial charge < -0.3 is 9.64 Å². The van der Waals surface area contributed by atoms with Gasteiger partial charge in [0.05, 0.1) is 0 Å². The van der Waals surface area contributed by atoms with Gasteiger partial charge >= 0.3 is 5.97 Å². The number of amides is 2. The fourth-order valence-corrected chi connectivity index (χ4v) is 4.60. The average Bonchev–Trinajstić information content (AvgIpc) is 3.30. The zero-order valence-corrected chi connectivity index (χ0v) is 15.2. The van der Waals surface area contributed by atoms with Crippen molar-refractivity contribution < 1.29 is 19.1 Å². The van der Waals surface area contributed by atoms with Crippen molar-refractivity contribution in [1.82, 2.24) is 14.9 Å². The van der Waals surface area contributed by atoms with E-state index in [1.807, 2.05) is 4.90 Å². The molecule has 8 heteroatoms. The predicted octanol–water partition coefficient (Wildman–Crippen LogP) is 1.31. The monoisotopic (exact) mass is 372 g/mol. The number of hydrogen-bond acceptors (Lipinski definition) is 7. The van der Waals surface area contributed by atoms with Crippen molar-refractivity contribution in [3.8, 4) is 0 Å². The predicted molar refractivity (Wildman–Crippen MR) is 95.6 cm³/mol. The highest BCUT2D eigenvalue weighted by atomic mass is 16.5. The lowest BCUT2D eigenvalue weighted by molar-refractivity contribution is -0.155. The summed E-state index contributed by atoms with van der Waals surface area (Å²) in [6.45, 7) is 0.0205. The van der Waals surface area contributed by atoms with E-state index in [2.05, 4.69) is 9.97 Å². The summed E-state index contributed by atoms with van der Waals surface area (Å²) < 4.78 is 5.33. The van der Waals surface area contributed by atoms with E-state index >= 15 is 0 Å². The van der Waals surface area contributed by atoms with Gasteiger partial charge in [-0.1, -0.05) is 12.8 Å². The molecule has 27 heavy (non-hydrogen) atoms. The Bertz CT molecular complexity index is 726. The molecular formula is C19H24N4O4. The minimum absolute atomic E-state index is 0.192. The summed E-state index contributed by atoms with van der Waals surface area (Å²) in [4.78, 5) is 48.5. The lowest BCUT2D eigenvalue weighted by Gasteiger charge is -2.33. The largest absolute Gasteiger partial charge is 0.454 e. The Kier molecular flexibility index (Phi) is 5.05. The molecular weight excluding hydrogens is 348 g/mol. The van der Waals surface area contributed by atoms with Crippen LogP contribution in [0.3, 0.4) is 0 Å². The maximum atomic E-state index is 12.8. The van der Waals surface area contributed by atoms with E-state index in [1.165, 1.54) is 11.3 Å². The minimum atomic E-state index is -0.484. The minimum Gasteiger partial charge on any atom is -0.454 e. The van der Waals surface area contributed by atoms with Crippen LogP contribution in [0.5, 0.6) is 0 Å². The van der Waals surface area contributed by atoms with Gasteiger partial charge in [0, 0.05) is 31.4 Å². The average molecular weight is 372 g/mol. The van der Waals surface area contributed by atoms with E-state index in [-0.39, 0.29) is 18.6 Å². The maximum absolute atomic E-state index is 12.8. The fourth-order valence-electron chi connectivity index (χ4n) is 4.60. The molecule has 0 aromatic carbocycles. The number of aromatic nitrogens is 2. The lowest BCUT2D eigenvalue weighted by atomic mass is 9.85. The Morgan fingerprint density at radius 3 is 2.67 bits per heavy atom. The maximum Gasteiger partial charge on any atom is 0.329 e. The van der Waals surface area contributed by atoms with Gasteiger partial charge in [0.25, 0.3) is 5.91 Å². The second kappa shape index (κ2) is 7.62. The van der Waals surface area contributed by atoms with Crippen LogP contribution in [0.25, 0.3) is 0 Å². The van der Waals surface area contributed by atoms with Crippen LogP contribution >= 0.6 is 0 Å². The van der Waals surface area contributed by atoms with Crippen LogP contribution in [-0.4, -0.2) is 57.9 Å². The molecule has 3 atom stereocenters. The van der Waals surface area contributed by atoms with E-state index in [9.17, 15) is 14.4 Å². The summed E-state index contributed by atoms with van der Waals surface area (Å²) in [5.41, 5.74) is 0. The van der Waals surface area contributed by atoms with Crippen LogP contribution in [0.4, 0.5) is 5.95 Å². The third kappa shape index (κ3) is 3.52. The van der Waals surface area contributed by atoms with Gasteiger partial charge in [-0.25, -0.2) is 14.8 Å². The number of nitrogens with zero attached hydrogens (tertiary/aromatic N) is 4. The number of ether oxygens (including phenoxy) is 1. The Balaban J connectivity index is 1.46. The topological polar surface area (TPSA) is 92.7 Å². The van der Waals surface area contributed by atoms with Crippen molar-refractivity contribution in [1.29, 1.82) is 0 Å². The van der Waals surface area contributed by atoms with Gasteiger partial charge in [-0.05, 0) is 37.7 Å². The molecule has 2 saturated heterocycles. The number of esters is 1. The summed E-state index contributed by atoms with van der Waals surface area (Å²) >= 11 is 0. The first kappa shape index (κ1) is 17.9. The van der Waals surface area contributed by atoms with Crippen LogP contribution in [0.15, 0.2) is 18.5 Å². The van der Waals surface area contributed by atoms with Gasteiger partial charge in [0.15, 0.2) is 6.61 Å². The molecule has 0 radical (unpaired) electrons. The van der Waals surface area contributed by atoms with Crippen molar-refractivity contribution in [2.24, 2.45) is 5.92 Å². The van der Waals surface area contributed by atoms with Gasteiger partial charge in [-0.3, -0.25) is 14.5 Å². The zero-order chi connectivity index (χ0) is 18.8. The van der Waals surface area contributed by atoms with Crippen molar-refractivity contribution >= 4 is 23.7 Å². The first-order valence-electron chi connectivity index (χ1n) is 9.70. The molecule has 4 rings (SSSR count). The normalized spacial score (nSPS) is 27.6. The Morgan fingerprint density at radius 1 is 1.15 bits per heavy atom. The first-order chi connectivity index (χ1) is 13.1. The first-order valence-corrected chi connectivity index (χ1v) is 9.70. The molecule has 3 fully saturated rings. The van der Waals surface area contributed by atoms with E-state index in [4.69, 9.17) is 4.74 Å². The zero-order valence-electron chi connectivity index (χ0n) is 15.2. The highest BCUT2D eigenvalue weighted by molar-refractivity contribution is 5.98. The standard InChI is InChI=1S/C19H24N4O4/c24-16-7-3-10-22(16)17(25)12-27-18(26)15-11-13-5-1-2-6-14(13)23(15)19-20-8-4-9-21-19/h4,8-9,13-15H,1-3,5-7,10-12H2/t13-,14+,15+/m1/s1. The number of hydrogen-bond donors (Lipinski definition) is 0. The third-order valence-electron chi connectivity index (χ3n) is 5.86. The summed E-state index contributed by atoms with van der Waals surface area (Å²) in [6, 6.07) is 1.49. The molecule has 1 aromatic heterocycles. The number of carbonyl (C=O) groups excluding carboxylic acids is 3. The van der Waals surface area contributed by atoms with Gasteiger partial charge in [0.2, 0.25) is 11.9 Å². The number of fused-ring (bicyclic) bond motifs is 1. The molecule has 0 bridgehead atoms. The van der Waals surface area contributed by atoms with Crippen LogP contribution < -0.4 is 4.90 Å². The van der Waals surface area contributed by atoms with Crippen molar-refractivity contribution in [3.05, 3.63) is 18.5 Å². The summed E-state index contributed by atoms with van der Waals surface area (Å²) in [5, 5.41) is 0.